The zero-order chi connectivity index (χ0) is 15.6. The van der Waals surface area contributed by atoms with Crippen LogP contribution in [-0.2, 0) is 9.84 Å². The number of carbonyl (C=O) groups excluding carboxylic acids is 1. The number of hydrogen-bond acceptors (Lipinski definition) is 4. The SMILES string of the molecule is C[C@H]1CNCCN1C(=O)c1ccc(S(=O)(=O)C(F)F)cc1. The van der Waals surface area contributed by atoms with Crippen LogP contribution in [0.3, 0.4) is 0 Å². The summed E-state index contributed by atoms with van der Waals surface area (Å²) in [5.74, 6) is -3.70. The van der Waals surface area contributed by atoms with Crippen LogP contribution in [0.1, 0.15) is 17.3 Å². The quantitative estimate of drug-likeness (QED) is 0.907. The molecule has 1 aliphatic heterocycles. The van der Waals surface area contributed by atoms with Gasteiger partial charge in [-0.3, -0.25) is 4.79 Å². The lowest BCUT2D eigenvalue weighted by Gasteiger charge is -2.34. The van der Waals surface area contributed by atoms with Gasteiger partial charge >= 0.3 is 5.76 Å². The molecule has 0 radical (unpaired) electrons. The normalized spacial score (nSPS) is 19.8. The Labute approximate surface area is 121 Å². The minimum Gasteiger partial charge on any atom is -0.333 e. The number of halogens is 2. The number of alkyl halides is 2. The van der Waals surface area contributed by atoms with Gasteiger partial charge in [0, 0.05) is 31.2 Å². The van der Waals surface area contributed by atoms with Crippen LogP contribution in [0, 0.1) is 0 Å². The first-order valence-electron chi connectivity index (χ1n) is 6.48. The molecular formula is C13H16F2N2O3S. The number of nitrogens with zero attached hydrogens (tertiary/aromatic N) is 1. The monoisotopic (exact) mass is 318 g/mol. The van der Waals surface area contributed by atoms with E-state index in [9.17, 15) is 22.0 Å². The van der Waals surface area contributed by atoms with Gasteiger partial charge in [0.1, 0.15) is 0 Å². The Hall–Kier alpha value is -1.54. The molecule has 8 heteroatoms. The number of amides is 1. The van der Waals surface area contributed by atoms with E-state index in [1.807, 2.05) is 6.92 Å². The van der Waals surface area contributed by atoms with Gasteiger partial charge in [0.15, 0.2) is 0 Å². The molecule has 5 nitrogen and oxygen atoms in total. The van der Waals surface area contributed by atoms with Gasteiger partial charge in [-0.15, -0.1) is 0 Å². The van der Waals surface area contributed by atoms with Crippen LogP contribution in [0.15, 0.2) is 29.2 Å². The first-order chi connectivity index (χ1) is 9.84. The van der Waals surface area contributed by atoms with Crippen molar-refractivity contribution < 1.29 is 22.0 Å². The van der Waals surface area contributed by atoms with Crippen molar-refractivity contribution in [1.82, 2.24) is 10.2 Å². The summed E-state index contributed by atoms with van der Waals surface area (Å²) < 4.78 is 47.5. The van der Waals surface area contributed by atoms with E-state index in [1.54, 1.807) is 4.90 Å². The second kappa shape index (κ2) is 6.07. The van der Waals surface area contributed by atoms with Crippen molar-refractivity contribution in [2.24, 2.45) is 0 Å². The average Bonchev–Trinajstić information content (AvgIpc) is 2.47. The van der Waals surface area contributed by atoms with Gasteiger partial charge in [-0.05, 0) is 31.2 Å². The number of carbonyl (C=O) groups is 1. The summed E-state index contributed by atoms with van der Waals surface area (Å²) in [6.07, 6.45) is 0. The largest absolute Gasteiger partial charge is 0.341 e. The lowest BCUT2D eigenvalue weighted by molar-refractivity contribution is 0.0655. The molecule has 0 saturated carbocycles. The third-order valence-electron chi connectivity index (χ3n) is 3.43. The number of sulfone groups is 1. The van der Waals surface area contributed by atoms with Crippen LogP contribution in [0.25, 0.3) is 0 Å². The third-order valence-corrected chi connectivity index (χ3v) is 4.82. The summed E-state index contributed by atoms with van der Waals surface area (Å²) in [6, 6.07) is 4.65. The lowest BCUT2D eigenvalue weighted by atomic mass is 10.1. The summed E-state index contributed by atoms with van der Waals surface area (Å²) in [4.78, 5) is 13.5. The number of nitrogens with one attached hydrogen (secondary N) is 1. The van der Waals surface area contributed by atoms with Crippen LogP contribution >= 0.6 is 0 Å². The van der Waals surface area contributed by atoms with E-state index in [2.05, 4.69) is 5.32 Å². The van der Waals surface area contributed by atoms with Gasteiger partial charge in [-0.2, -0.15) is 8.78 Å². The molecule has 1 fully saturated rings. The number of piperazine rings is 1. The molecule has 1 amide bonds. The molecular weight excluding hydrogens is 302 g/mol. The highest BCUT2D eigenvalue weighted by atomic mass is 32.2. The Morgan fingerprint density at radius 3 is 2.48 bits per heavy atom. The molecule has 21 heavy (non-hydrogen) atoms. The molecule has 0 spiro atoms. The van der Waals surface area contributed by atoms with Crippen molar-refractivity contribution >= 4 is 15.7 Å². The Balaban J connectivity index is 2.21. The predicted octanol–water partition coefficient (Wildman–Crippen LogP) is 1.12. The summed E-state index contributed by atoms with van der Waals surface area (Å²) >= 11 is 0. The molecule has 1 aromatic carbocycles. The average molecular weight is 318 g/mol. The highest BCUT2D eigenvalue weighted by Gasteiger charge is 2.28. The molecule has 2 rings (SSSR count). The summed E-state index contributed by atoms with van der Waals surface area (Å²) in [5, 5.41) is 3.16. The maximum Gasteiger partial charge on any atom is 0.341 e. The fourth-order valence-corrected chi connectivity index (χ4v) is 2.92. The minimum atomic E-state index is -4.62. The predicted molar refractivity (Wildman–Crippen MR) is 73.0 cm³/mol. The Morgan fingerprint density at radius 2 is 1.95 bits per heavy atom. The fourth-order valence-electron chi connectivity index (χ4n) is 2.20. The topological polar surface area (TPSA) is 66.5 Å². The van der Waals surface area contributed by atoms with Crippen molar-refractivity contribution in [3.8, 4) is 0 Å². The molecule has 1 aliphatic rings. The second-order valence-electron chi connectivity index (χ2n) is 4.88. The number of benzene rings is 1. The molecule has 0 unspecified atom stereocenters. The first-order valence-corrected chi connectivity index (χ1v) is 8.02. The zero-order valence-corrected chi connectivity index (χ0v) is 12.2. The molecule has 0 aliphatic carbocycles. The maximum absolute atomic E-state index is 12.4. The van der Waals surface area contributed by atoms with E-state index >= 15 is 0 Å². The van der Waals surface area contributed by atoms with Gasteiger partial charge in [0.05, 0.1) is 4.90 Å². The Morgan fingerprint density at radius 1 is 1.33 bits per heavy atom. The summed E-state index contributed by atoms with van der Waals surface area (Å²) in [5.41, 5.74) is 0.289. The summed E-state index contributed by atoms with van der Waals surface area (Å²) in [6.45, 7) is 3.83. The van der Waals surface area contributed by atoms with E-state index in [1.165, 1.54) is 12.1 Å². The number of hydrogen-bond donors (Lipinski definition) is 1. The molecule has 1 atom stereocenters. The van der Waals surface area contributed by atoms with Crippen molar-refractivity contribution in [3.05, 3.63) is 29.8 Å². The fraction of sp³-hybridized carbons (Fsp3) is 0.462. The van der Waals surface area contributed by atoms with Crippen molar-refractivity contribution in [3.63, 3.8) is 0 Å². The first kappa shape index (κ1) is 15.8. The molecule has 1 aromatic rings. The van der Waals surface area contributed by atoms with Gasteiger partial charge in [-0.25, -0.2) is 8.42 Å². The Kier molecular flexibility index (Phi) is 4.58. The second-order valence-corrected chi connectivity index (χ2v) is 6.80. The van der Waals surface area contributed by atoms with E-state index < -0.39 is 20.5 Å². The highest BCUT2D eigenvalue weighted by molar-refractivity contribution is 7.91. The third kappa shape index (κ3) is 3.21. The lowest BCUT2D eigenvalue weighted by Crippen LogP contribution is -2.52. The van der Waals surface area contributed by atoms with E-state index in [0.29, 0.717) is 19.6 Å². The van der Waals surface area contributed by atoms with Crippen molar-refractivity contribution in [2.75, 3.05) is 19.6 Å². The molecule has 1 N–H and O–H groups in total. The standard InChI is InChI=1S/C13H16F2N2O3S/c1-9-8-16-6-7-17(9)12(18)10-2-4-11(5-3-10)21(19,20)13(14)15/h2-5,9,13,16H,6-8H2,1H3/t9-/m0/s1. The van der Waals surface area contributed by atoms with Gasteiger partial charge in [0.2, 0.25) is 9.84 Å². The molecule has 1 saturated heterocycles. The zero-order valence-electron chi connectivity index (χ0n) is 11.4. The van der Waals surface area contributed by atoms with E-state index in [0.717, 1.165) is 12.1 Å². The molecule has 116 valence electrons. The van der Waals surface area contributed by atoms with Crippen LogP contribution in [-0.4, -0.2) is 50.7 Å². The van der Waals surface area contributed by atoms with Crippen LogP contribution < -0.4 is 5.32 Å². The minimum absolute atomic E-state index is 0.0238. The smallest absolute Gasteiger partial charge is 0.333 e. The molecule has 1 heterocycles. The van der Waals surface area contributed by atoms with E-state index in [4.69, 9.17) is 0 Å². The summed E-state index contributed by atoms with van der Waals surface area (Å²) in [7, 11) is -4.62. The molecule has 0 aromatic heterocycles. The van der Waals surface area contributed by atoms with Gasteiger partial charge < -0.3 is 10.2 Å². The maximum atomic E-state index is 12.4. The van der Waals surface area contributed by atoms with Gasteiger partial charge in [0.25, 0.3) is 5.91 Å². The Bertz CT molecular complexity index is 617. The van der Waals surface area contributed by atoms with Crippen LogP contribution in [0.2, 0.25) is 0 Å². The van der Waals surface area contributed by atoms with Crippen LogP contribution in [0.5, 0.6) is 0 Å². The van der Waals surface area contributed by atoms with Gasteiger partial charge in [-0.1, -0.05) is 0 Å². The molecule has 0 bridgehead atoms. The highest BCUT2D eigenvalue weighted by Crippen LogP contribution is 2.19. The van der Waals surface area contributed by atoms with Crippen molar-refractivity contribution in [2.45, 2.75) is 23.6 Å². The number of rotatable bonds is 3. The van der Waals surface area contributed by atoms with Crippen LogP contribution in [0.4, 0.5) is 8.78 Å². The van der Waals surface area contributed by atoms with Crippen molar-refractivity contribution in [1.29, 1.82) is 0 Å². The van der Waals surface area contributed by atoms with E-state index in [-0.39, 0.29) is 17.5 Å².